The summed E-state index contributed by atoms with van der Waals surface area (Å²) in [4.78, 5) is 37.6. The number of fused-ring (bicyclic) bond motifs is 3. The fourth-order valence-electron chi connectivity index (χ4n) is 6.03. The molecular formula is C33H44N2O5. The van der Waals surface area contributed by atoms with Crippen molar-refractivity contribution >= 4 is 18.0 Å². The SMILES string of the molecule is CC(C)(C)OC(=O)CCC1(C(=O)NCCCCCNC(=O)OCC2c3ccccc3-c3ccccc32)CCCC1. The average Bonchev–Trinajstić information content (AvgIpc) is 3.53. The predicted molar refractivity (Wildman–Crippen MR) is 156 cm³/mol. The van der Waals surface area contributed by atoms with Gasteiger partial charge >= 0.3 is 12.1 Å². The van der Waals surface area contributed by atoms with Crippen LogP contribution in [0.4, 0.5) is 4.79 Å². The Kier molecular flexibility index (Phi) is 9.88. The molecule has 2 amide bonds. The van der Waals surface area contributed by atoms with Gasteiger partial charge in [0.1, 0.15) is 12.2 Å². The second-order valence-electron chi connectivity index (χ2n) is 12.1. The quantitative estimate of drug-likeness (QED) is 0.233. The van der Waals surface area contributed by atoms with E-state index in [0.717, 1.165) is 44.9 Å². The third-order valence-corrected chi connectivity index (χ3v) is 8.02. The third kappa shape index (κ3) is 7.64. The number of unbranched alkanes of at least 4 members (excludes halogenated alkanes) is 2. The lowest BCUT2D eigenvalue weighted by Crippen LogP contribution is -2.40. The fraction of sp³-hybridized carbons (Fsp3) is 0.545. The van der Waals surface area contributed by atoms with Crippen molar-refractivity contribution in [2.24, 2.45) is 5.41 Å². The number of amides is 2. The number of nitrogens with one attached hydrogen (secondary N) is 2. The first-order valence-corrected chi connectivity index (χ1v) is 14.8. The van der Waals surface area contributed by atoms with Crippen LogP contribution in [0.3, 0.4) is 0 Å². The molecular weight excluding hydrogens is 504 g/mol. The Morgan fingerprint density at radius 2 is 1.43 bits per heavy atom. The Hall–Kier alpha value is -3.35. The van der Waals surface area contributed by atoms with Gasteiger partial charge in [-0.15, -0.1) is 0 Å². The molecule has 0 heterocycles. The maximum absolute atomic E-state index is 13.0. The highest BCUT2D eigenvalue weighted by atomic mass is 16.6. The van der Waals surface area contributed by atoms with Crippen LogP contribution >= 0.6 is 0 Å². The normalized spacial score (nSPS) is 15.7. The van der Waals surface area contributed by atoms with Crippen molar-refractivity contribution in [2.45, 2.75) is 90.1 Å². The van der Waals surface area contributed by atoms with Crippen LogP contribution in [0.1, 0.15) is 95.6 Å². The molecule has 0 radical (unpaired) electrons. The number of hydrogen-bond acceptors (Lipinski definition) is 5. The maximum atomic E-state index is 13.0. The molecule has 0 spiro atoms. The van der Waals surface area contributed by atoms with E-state index in [1.807, 2.05) is 45.0 Å². The molecule has 0 saturated heterocycles. The number of alkyl carbamates (subject to hydrolysis) is 1. The van der Waals surface area contributed by atoms with Gasteiger partial charge in [-0.1, -0.05) is 61.4 Å². The average molecular weight is 549 g/mol. The van der Waals surface area contributed by atoms with Gasteiger partial charge in [-0.25, -0.2) is 4.79 Å². The number of benzene rings is 2. The van der Waals surface area contributed by atoms with E-state index >= 15 is 0 Å². The van der Waals surface area contributed by atoms with Crippen LogP contribution in [0.25, 0.3) is 11.1 Å². The van der Waals surface area contributed by atoms with Crippen LogP contribution in [0.5, 0.6) is 0 Å². The van der Waals surface area contributed by atoms with Gasteiger partial charge in [0, 0.05) is 30.8 Å². The molecule has 0 aromatic heterocycles. The van der Waals surface area contributed by atoms with E-state index in [4.69, 9.17) is 9.47 Å². The van der Waals surface area contributed by atoms with E-state index in [0.29, 0.717) is 26.1 Å². The standard InChI is InChI=1S/C33H44N2O5/c1-32(2,3)40-29(36)17-20-33(18-9-10-19-33)30(37)34-21-11-4-12-22-35-31(38)39-23-28-26-15-7-5-13-24(26)25-14-6-8-16-27(25)28/h5-8,13-16,28H,4,9-12,17-23H2,1-3H3,(H,34,37)(H,35,38). The fourth-order valence-corrected chi connectivity index (χ4v) is 6.03. The first-order valence-electron chi connectivity index (χ1n) is 14.8. The Morgan fingerprint density at radius 1 is 0.850 bits per heavy atom. The topological polar surface area (TPSA) is 93.7 Å². The highest BCUT2D eigenvalue weighted by Crippen LogP contribution is 2.44. The van der Waals surface area contributed by atoms with Gasteiger partial charge in [0.05, 0.1) is 0 Å². The summed E-state index contributed by atoms with van der Waals surface area (Å²) in [5.74, 6) is -0.130. The van der Waals surface area contributed by atoms with Gasteiger partial charge in [0.15, 0.2) is 0 Å². The molecule has 2 aromatic rings. The van der Waals surface area contributed by atoms with Crippen LogP contribution in [-0.4, -0.2) is 43.3 Å². The molecule has 1 fully saturated rings. The minimum atomic E-state index is -0.512. The van der Waals surface area contributed by atoms with E-state index in [2.05, 4.69) is 34.9 Å². The van der Waals surface area contributed by atoms with E-state index in [1.54, 1.807) is 0 Å². The first-order chi connectivity index (χ1) is 19.2. The minimum Gasteiger partial charge on any atom is -0.460 e. The zero-order valence-corrected chi connectivity index (χ0v) is 24.2. The number of rotatable bonds is 12. The molecule has 2 N–H and O–H groups in total. The molecule has 2 aliphatic rings. The Bertz CT molecular complexity index is 1130. The van der Waals surface area contributed by atoms with E-state index in [1.165, 1.54) is 22.3 Å². The summed E-state index contributed by atoms with van der Waals surface area (Å²) >= 11 is 0. The third-order valence-electron chi connectivity index (χ3n) is 8.02. The van der Waals surface area contributed by atoms with Gasteiger partial charge in [-0.05, 0) is 81.5 Å². The molecule has 1 saturated carbocycles. The molecule has 2 aliphatic carbocycles. The summed E-state index contributed by atoms with van der Waals surface area (Å²) in [6, 6.07) is 16.6. The summed E-state index contributed by atoms with van der Waals surface area (Å²) in [6.07, 6.45) is 6.62. The van der Waals surface area contributed by atoms with Crippen molar-refractivity contribution in [2.75, 3.05) is 19.7 Å². The highest BCUT2D eigenvalue weighted by Gasteiger charge is 2.41. The highest BCUT2D eigenvalue weighted by molar-refractivity contribution is 5.83. The summed E-state index contributed by atoms with van der Waals surface area (Å²) in [5.41, 5.74) is 3.85. The van der Waals surface area contributed by atoms with E-state index in [9.17, 15) is 14.4 Å². The van der Waals surface area contributed by atoms with Crippen molar-refractivity contribution in [3.63, 3.8) is 0 Å². The van der Waals surface area contributed by atoms with Crippen LogP contribution in [0, 0.1) is 5.41 Å². The molecule has 0 bridgehead atoms. The van der Waals surface area contributed by atoms with Crippen molar-refractivity contribution in [3.8, 4) is 11.1 Å². The summed E-state index contributed by atoms with van der Waals surface area (Å²) in [6.45, 7) is 7.01. The number of esters is 1. The molecule has 40 heavy (non-hydrogen) atoms. The smallest absolute Gasteiger partial charge is 0.407 e. The molecule has 0 atom stereocenters. The van der Waals surface area contributed by atoms with Crippen LogP contribution in [-0.2, 0) is 19.1 Å². The zero-order chi connectivity index (χ0) is 28.6. The molecule has 2 aromatic carbocycles. The number of carbonyl (C=O) groups is 3. The van der Waals surface area contributed by atoms with E-state index in [-0.39, 0.29) is 24.2 Å². The van der Waals surface area contributed by atoms with Gasteiger partial charge in [0.2, 0.25) is 5.91 Å². The Labute approximate surface area is 238 Å². The van der Waals surface area contributed by atoms with Gasteiger partial charge in [0.25, 0.3) is 0 Å². The molecule has 0 unspecified atom stereocenters. The van der Waals surface area contributed by atoms with Crippen molar-refractivity contribution < 1.29 is 23.9 Å². The largest absolute Gasteiger partial charge is 0.460 e. The predicted octanol–water partition coefficient (Wildman–Crippen LogP) is 6.49. The summed E-state index contributed by atoms with van der Waals surface area (Å²) < 4.78 is 11.0. The minimum absolute atomic E-state index is 0.0501. The molecule has 4 rings (SSSR count). The van der Waals surface area contributed by atoms with E-state index < -0.39 is 17.1 Å². The van der Waals surface area contributed by atoms with Crippen molar-refractivity contribution in [3.05, 3.63) is 59.7 Å². The first kappa shape index (κ1) is 29.6. The lowest BCUT2D eigenvalue weighted by Gasteiger charge is -2.28. The molecule has 0 aliphatic heterocycles. The zero-order valence-electron chi connectivity index (χ0n) is 24.2. The lowest BCUT2D eigenvalue weighted by atomic mass is 9.80. The van der Waals surface area contributed by atoms with Crippen molar-refractivity contribution in [1.29, 1.82) is 0 Å². The van der Waals surface area contributed by atoms with Crippen LogP contribution in [0.2, 0.25) is 0 Å². The number of hydrogen-bond donors (Lipinski definition) is 2. The Balaban J connectivity index is 1.11. The summed E-state index contributed by atoms with van der Waals surface area (Å²) in [5, 5.41) is 5.96. The molecule has 216 valence electrons. The maximum Gasteiger partial charge on any atom is 0.407 e. The van der Waals surface area contributed by atoms with Gasteiger partial charge < -0.3 is 20.1 Å². The number of ether oxygens (including phenoxy) is 2. The van der Waals surface area contributed by atoms with Gasteiger partial charge in [-0.3, -0.25) is 9.59 Å². The molecule has 7 heteroatoms. The second kappa shape index (κ2) is 13.3. The molecule has 7 nitrogen and oxygen atoms in total. The van der Waals surface area contributed by atoms with Crippen LogP contribution < -0.4 is 10.6 Å². The lowest BCUT2D eigenvalue weighted by molar-refractivity contribution is -0.155. The number of carbonyl (C=O) groups excluding carboxylic acids is 3. The van der Waals surface area contributed by atoms with Crippen LogP contribution in [0.15, 0.2) is 48.5 Å². The van der Waals surface area contributed by atoms with Gasteiger partial charge in [-0.2, -0.15) is 0 Å². The second-order valence-corrected chi connectivity index (χ2v) is 12.1. The monoisotopic (exact) mass is 548 g/mol. The summed E-state index contributed by atoms with van der Waals surface area (Å²) in [7, 11) is 0. The Morgan fingerprint density at radius 3 is 2.02 bits per heavy atom. The van der Waals surface area contributed by atoms with Crippen molar-refractivity contribution in [1.82, 2.24) is 10.6 Å².